The topological polar surface area (TPSA) is 214 Å². The van der Waals surface area contributed by atoms with Gasteiger partial charge in [0.1, 0.15) is 17.3 Å². The van der Waals surface area contributed by atoms with Crippen molar-refractivity contribution in [3.05, 3.63) is 0 Å². The third-order valence-electron chi connectivity index (χ3n) is 1.94. The standard InChI is InChI=1S/3C5H6O4.Ru/c3*1-3(6)2-4(7)5(8)9;/h3*2H2,1H3,(H,8,9);. The number of aliphatic carboxylic acids is 3. The fraction of sp³-hybridized carbons (Fsp3) is 0.400. The van der Waals surface area contributed by atoms with Gasteiger partial charge in [-0.2, -0.15) is 0 Å². The first-order valence-corrected chi connectivity index (χ1v) is 6.88. The molecule has 0 aromatic rings. The van der Waals surface area contributed by atoms with Crippen LogP contribution in [-0.4, -0.2) is 67.9 Å². The zero-order valence-electron chi connectivity index (χ0n) is 15.0. The number of carboxylic acids is 3. The van der Waals surface area contributed by atoms with E-state index >= 15 is 0 Å². The molecule has 158 valence electrons. The first kappa shape index (κ1) is 32.7. The minimum atomic E-state index is -1.55. The molecule has 0 spiro atoms. The average molecular weight is 491 g/mol. The second-order valence-corrected chi connectivity index (χ2v) is 4.82. The molecule has 0 aliphatic rings. The maximum atomic E-state index is 10.1. The van der Waals surface area contributed by atoms with Crippen LogP contribution in [0.15, 0.2) is 0 Å². The molecule has 0 atom stereocenters. The van der Waals surface area contributed by atoms with Crippen molar-refractivity contribution in [2.45, 2.75) is 40.0 Å². The number of rotatable bonds is 9. The van der Waals surface area contributed by atoms with Gasteiger partial charge in [0.15, 0.2) is 0 Å². The molecule has 0 aliphatic heterocycles. The molecule has 0 heterocycles. The monoisotopic (exact) mass is 492 g/mol. The van der Waals surface area contributed by atoms with Gasteiger partial charge in [0.25, 0.3) is 0 Å². The normalized spacial score (nSPS) is 8.25. The van der Waals surface area contributed by atoms with Crippen molar-refractivity contribution in [1.82, 2.24) is 0 Å². The maximum absolute atomic E-state index is 10.1. The summed E-state index contributed by atoms with van der Waals surface area (Å²) < 4.78 is 0. The van der Waals surface area contributed by atoms with Crippen LogP contribution in [0.25, 0.3) is 0 Å². The first-order chi connectivity index (χ1) is 12.1. The summed E-state index contributed by atoms with van der Waals surface area (Å²) in [6.45, 7) is 3.50. The number of carbonyl (C=O) groups is 9. The van der Waals surface area contributed by atoms with E-state index in [4.69, 9.17) is 15.3 Å². The summed E-state index contributed by atoms with van der Waals surface area (Å²) >= 11 is 0. The summed E-state index contributed by atoms with van der Waals surface area (Å²) in [5, 5.41) is 23.8. The smallest absolute Gasteiger partial charge is 0.372 e. The third-order valence-corrected chi connectivity index (χ3v) is 1.94. The molecule has 0 saturated heterocycles. The molecule has 0 amide bonds. The molecular weight excluding hydrogens is 473 g/mol. The van der Waals surface area contributed by atoms with Crippen molar-refractivity contribution >= 4 is 52.6 Å². The van der Waals surface area contributed by atoms with Gasteiger partial charge in [-0.25, -0.2) is 14.4 Å². The van der Waals surface area contributed by atoms with Crippen LogP contribution in [0, 0.1) is 0 Å². The quantitative estimate of drug-likeness (QED) is 0.198. The molecule has 0 aromatic carbocycles. The van der Waals surface area contributed by atoms with E-state index in [1.807, 2.05) is 0 Å². The maximum Gasteiger partial charge on any atom is 0.372 e. The number of hydrogen-bond donors (Lipinski definition) is 3. The van der Waals surface area contributed by atoms with E-state index in [0.29, 0.717) is 0 Å². The summed E-state index contributed by atoms with van der Waals surface area (Å²) in [6.07, 6.45) is -1.51. The Morgan fingerprint density at radius 2 is 0.607 bits per heavy atom. The van der Waals surface area contributed by atoms with Crippen LogP contribution in [0.5, 0.6) is 0 Å². The Labute approximate surface area is 171 Å². The van der Waals surface area contributed by atoms with E-state index in [9.17, 15) is 43.2 Å². The van der Waals surface area contributed by atoms with Crippen LogP contribution in [0.4, 0.5) is 0 Å². The molecule has 13 heteroatoms. The Morgan fingerprint density at radius 3 is 0.643 bits per heavy atom. The van der Waals surface area contributed by atoms with Crippen LogP contribution in [-0.2, 0) is 62.6 Å². The van der Waals surface area contributed by atoms with Gasteiger partial charge in [-0.1, -0.05) is 0 Å². The second kappa shape index (κ2) is 17.5. The summed E-state index contributed by atoms with van der Waals surface area (Å²) in [4.78, 5) is 89.8. The molecule has 0 bridgehead atoms. The Hall–Kier alpha value is -2.95. The number of Topliss-reactive ketones (excluding diaryl/α,β-unsaturated/α-hetero) is 6. The van der Waals surface area contributed by atoms with E-state index in [1.54, 1.807) is 0 Å². The second-order valence-electron chi connectivity index (χ2n) is 4.82. The van der Waals surface area contributed by atoms with Crippen LogP contribution < -0.4 is 0 Å². The summed E-state index contributed by atoms with van der Waals surface area (Å²) in [6, 6.07) is 0. The minimum absolute atomic E-state index is 0. The van der Waals surface area contributed by atoms with Gasteiger partial charge in [0.05, 0.1) is 19.3 Å². The van der Waals surface area contributed by atoms with Crippen molar-refractivity contribution in [2.24, 2.45) is 0 Å². The summed E-state index contributed by atoms with van der Waals surface area (Å²) in [5.74, 6) is -9.10. The summed E-state index contributed by atoms with van der Waals surface area (Å²) in [5.41, 5.74) is 0. The van der Waals surface area contributed by atoms with E-state index < -0.39 is 71.9 Å². The van der Waals surface area contributed by atoms with E-state index in [1.165, 1.54) is 20.8 Å². The third kappa shape index (κ3) is 25.3. The average Bonchev–Trinajstić information content (AvgIpc) is 2.46. The van der Waals surface area contributed by atoms with Crippen molar-refractivity contribution in [3.63, 3.8) is 0 Å². The molecule has 28 heavy (non-hydrogen) atoms. The molecule has 3 N–H and O–H groups in total. The molecule has 0 unspecified atom stereocenters. The van der Waals surface area contributed by atoms with Gasteiger partial charge in [0, 0.05) is 19.5 Å². The number of ketones is 6. The van der Waals surface area contributed by atoms with Crippen LogP contribution in [0.3, 0.4) is 0 Å². The van der Waals surface area contributed by atoms with Crippen LogP contribution >= 0.6 is 0 Å². The number of carboxylic acid groups (broad SMARTS) is 3. The number of carbonyl (C=O) groups excluding carboxylic acids is 6. The molecule has 0 aliphatic carbocycles. The molecule has 0 saturated carbocycles. The van der Waals surface area contributed by atoms with Gasteiger partial charge in [-0.05, 0) is 20.8 Å². The Balaban J connectivity index is -0.000000152. The van der Waals surface area contributed by atoms with Gasteiger partial charge >= 0.3 is 17.9 Å². The Kier molecular flexibility index (Phi) is 20.4. The number of hydrogen-bond acceptors (Lipinski definition) is 9. The predicted molar refractivity (Wildman–Crippen MR) is 83.8 cm³/mol. The fourth-order valence-corrected chi connectivity index (χ4v) is 0.905. The minimum Gasteiger partial charge on any atom is -0.475 e. The van der Waals surface area contributed by atoms with Crippen LogP contribution in [0.2, 0.25) is 0 Å². The fourth-order valence-electron chi connectivity index (χ4n) is 0.905. The first-order valence-electron chi connectivity index (χ1n) is 6.88. The van der Waals surface area contributed by atoms with E-state index in [0.717, 1.165) is 0 Å². The van der Waals surface area contributed by atoms with Gasteiger partial charge in [-0.15, -0.1) is 0 Å². The zero-order valence-corrected chi connectivity index (χ0v) is 16.7. The van der Waals surface area contributed by atoms with Gasteiger partial charge in [-0.3, -0.25) is 28.8 Å². The van der Waals surface area contributed by atoms with E-state index in [-0.39, 0.29) is 19.5 Å². The largest absolute Gasteiger partial charge is 0.475 e. The van der Waals surface area contributed by atoms with Crippen molar-refractivity contribution < 1.29 is 77.9 Å². The van der Waals surface area contributed by atoms with Gasteiger partial charge < -0.3 is 15.3 Å². The summed E-state index contributed by atoms with van der Waals surface area (Å²) in [7, 11) is 0. The molecule has 0 fully saturated rings. The van der Waals surface area contributed by atoms with Crippen LogP contribution in [0.1, 0.15) is 40.0 Å². The van der Waals surface area contributed by atoms with Crippen molar-refractivity contribution in [1.29, 1.82) is 0 Å². The predicted octanol–water partition coefficient (Wildman–Crippen LogP) is -1.14. The SMILES string of the molecule is CC(=O)CC(=O)C(=O)O.CC(=O)CC(=O)C(=O)O.CC(=O)CC(=O)C(=O)O.[Ru]. The molecular formula is C15H18O12Ru. The molecule has 0 rings (SSSR count). The van der Waals surface area contributed by atoms with Crippen molar-refractivity contribution in [3.8, 4) is 0 Å². The molecule has 0 radical (unpaired) electrons. The van der Waals surface area contributed by atoms with E-state index in [2.05, 4.69) is 0 Å². The molecule has 12 nitrogen and oxygen atoms in total. The zero-order chi connectivity index (χ0) is 22.3. The molecule has 0 aromatic heterocycles. The van der Waals surface area contributed by atoms with Gasteiger partial charge in [0.2, 0.25) is 17.3 Å². The Bertz CT molecular complexity index is 572. The Morgan fingerprint density at radius 1 is 0.464 bits per heavy atom. The van der Waals surface area contributed by atoms with Crippen molar-refractivity contribution in [2.75, 3.05) is 0 Å².